The lowest BCUT2D eigenvalue weighted by Crippen LogP contribution is -2.28. The molecule has 0 fully saturated rings. The fourth-order valence-corrected chi connectivity index (χ4v) is 3.39. The zero-order chi connectivity index (χ0) is 19.5. The summed E-state index contributed by atoms with van der Waals surface area (Å²) >= 11 is 0. The Balaban J connectivity index is 1.63. The van der Waals surface area contributed by atoms with Crippen LogP contribution in [-0.2, 0) is 17.9 Å². The van der Waals surface area contributed by atoms with Crippen LogP contribution >= 0.6 is 0 Å². The summed E-state index contributed by atoms with van der Waals surface area (Å²) in [4.78, 5) is 25.4. The third-order valence-corrected chi connectivity index (χ3v) is 4.83. The molecule has 0 aliphatic carbocycles. The van der Waals surface area contributed by atoms with Crippen molar-refractivity contribution >= 4 is 27.7 Å². The number of aromatic nitrogens is 1. The Hall–Kier alpha value is -3.60. The smallest absolute Gasteiger partial charge is 0.240 e. The molecule has 0 aliphatic heterocycles. The maximum atomic E-state index is 12.8. The van der Waals surface area contributed by atoms with Gasteiger partial charge in [0.05, 0.1) is 18.1 Å². The van der Waals surface area contributed by atoms with Crippen molar-refractivity contribution in [1.29, 1.82) is 0 Å². The van der Waals surface area contributed by atoms with Gasteiger partial charge < -0.3 is 14.6 Å². The first-order chi connectivity index (χ1) is 13.7. The molecule has 0 unspecified atom stereocenters. The van der Waals surface area contributed by atoms with E-state index in [1.807, 2.05) is 65.2 Å². The van der Waals surface area contributed by atoms with Gasteiger partial charge in [0.25, 0.3) is 0 Å². The molecule has 28 heavy (non-hydrogen) atoms. The van der Waals surface area contributed by atoms with Gasteiger partial charge in [-0.3, -0.25) is 9.59 Å². The van der Waals surface area contributed by atoms with Crippen molar-refractivity contribution in [3.8, 4) is 5.75 Å². The van der Waals surface area contributed by atoms with Crippen molar-refractivity contribution in [2.45, 2.75) is 13.1 Å². The van der Waals surface area contributed by atoms with Gasteiger partial charge in [0.2, 0.25) is 5.91 Å². The molecule has 3 aromatic carbocycles. The van der Waals surface area contributed by atoms with Gasteiger partial charge >= 0.3 is 0 Å². The number of carbonyl (C=O) groups is 1. The molecular weight excluding hydrogens is 352 g/mol. The molecule has 5 nitrogen and oxygen atoms in total. The van der Waals surface area contributed by atoms with Gasteiger partial charge in [0.1, 0.15) is 12.3 Å². The second-order valence-corrected chi connectivity index (χ2v) is 6.57. The quantitative estimate of drug-likeness (QED) is 0.546. The zero-order valence-corrected chi connectivity index (χ0v) is 15.5. The Morgan fingerprint density at radius 3 is 2.04 bits per heavy atom. The SMILES string of the molecule is COc1ccc(CNC(=O)Cn2c3ccccc3c(=O)c3ccccc32)cc1. The number of amides is 1. The van der Waals surface area contributed by atoms with E-state index >= 15 is 0 Å². The number of ether oxygens (including phenoxy) is 1. The largest absolute Gasteiger partial charge is 0.497 e. The van der Waals surface area contributed by atoms with E-state index in [1.54, 1.807) is 19.2 Å². The second-order valence-electron chi connectivity index (χ2n) is 6.57. The summed E-state index contributed by atoms with van der Waals surface area (Å²) in [7, 11) is 1.62. The lowest BCUT2D eigenvalue weighted by Gasteiger charge is -2.15. The summed E-state index contributed by atoms with van der Waals surface area (Å²) in [5.74, 6) is 0.663. The number of hydrogen-bond acceptors (Lipinski definition) is 3. The van der Waals surface area contributed by atoms with Crippen LogP contribution in [-0.4, -0.2) is 17.6 Å². The van der Waals surface area contributed by atoms with Crippen LogP contribution in [0.2, 0.25) is 0 Å². The first kappa shape index (κ1) is 17.8. The summed E-state index contributed by atoms with van der Waals surface area (Å²) in [5, 5.41) is 4.18. The minimum absolute atomic E-state index is 0.0129. The number of pyridine rings is 1. The average molecular weight is 372 g/mol. The predicted molar refractivity (Wildman–Crippen MR) is 111 cm³/mol. The molecule has 0 aliphatic rings. The van der Waals surface area contributed by atoms with Gasteiger partial charge in [-0.1, -0.05) is 36.4 Å². The fourth-order valence-electron chi connectivity index (χ4n) is 3.39. The van der Waals surface area contributed by atoms with E-state index in [-0.39, 0.29) is 17.9 Å². The highest BCUT2D eigenvalue weighted by molar-refractivity contribution is 5.94. The normalized spacial score (nSPS) is 10.9. The summed E-state index contributed by atoms with van der Waals surface area (Å²) < 4.78 is 7.05. The third-order valence-electron chi connectivity index (χ3n) is 4.83. The fraction of sp³-hybridized carbons (Fsp3) is 0.130. The standard InChI is InChI=1S/C23H20N2O3/c1-28-17-12-10-16(11-13-17)14-24-22(26)15-25-20-8-4-2-6-18(20)23(27)19-7-3-5-9-21(19)25/h2-13H,14-15H2,1H3,(H,24,26). The molecule has 5 heteroatoms. The molecule has 0 spiro atoms. The van der Waals surface area contributed by atoms with E-state index in [0.717, 1.165) is 22.3 Å². The van der Waals surface area contributed by atoms with Crippen LogP contribution in [0.1, 0.15) is 5.56 Å². The number of para-hydroxylation sites is 2. The van der Waals surface area contributed by atoms with E-state index in [2.05, 4.69) is 5.32 Å². The van der Waals surface area contributed by atoms with Gasteiger partial charge in [-0.05, 0) is 42.0 Å². The van der Waals surface area contributed by atoms with Crippen molar-refractivity contribution in [2.75, 3.05) is 7.11 Å². The topological polar surface area (TPSA) is 60.3 Å². The Morgan fingerprint density at radius 2 is 1.46 bits per heavy atom. The second kappa shape index (κ2) is 7.56. The van der Waals surface area contributed by atoms with Gasteiger partial charge in [0.15, 0.2) is 5.43 Å². The Kier molecular flexibility index (Phi) is 4.81. The molecule has 0 saturated heterocycles. The van der Waals surface area contributed by atoms with Gasteiger partial charge in [-0.25, -0.2) is 0 Å². The average Bonchev–Trinajstić information content (AvgIpc) is 2.75. The summed E-state index contributed by atoms with van der Waals surface area (Å²) in [5.41, 5.74) is 2.49. The van der Waals surface area contributed by atoms with Crippen molar-refractivity contribution < 1.29 is 9.53 Å². The first-order valence-electron chi connectivity index (χ1n) is 9.07. The molecule has 0 radical (unpaired) electrons. The molecule has 0 bridgehead atoms. The molecule has 1 heterocycles. The highest BCUT2D eigenvalue weighted by Gasteiger charge is 2.12. The highest BCUT2D eigenvalue weighted by atomic mass is 16.5. The van der Waals surface area contributed by atoms with Crippen LogP contribution in [0.5, 0.6) is 5.75 Å². The molecular formula is C23H20N2O3. The first-order valence-corrected chi connectivity index (χ1v) is 9.07. The number of nitrogens with zero attached hydrogens (tertiary/aromatic N) is 1. The lowest BCUT2D eigenvalue weighted by atomic mass is 10.1. The number of rotatable bonds is 5. The molecule has 0 atom stereocenters. The van der Waals surface area contributed by atoms with Crippen LogP contribution in [0.15, 0.2) is 77.6 Å². The summed E-state index contributed by atoms with van der Waals surface area (Å²) in [6.45, 7) is 0.566. The summed E-state index contributed by atoms with van der Waals surface area (Å²) in [6, 6.07) is 22.4. The highest BCUT2D eigenvalue weighted by Crippen LogP contribution is 2.19. The molecule has 1 aromatic heterocycles. The number of carbonyl (C=O) groups excluding carboxylic acids is 1. The number of methoxy groups -OCH3 is 1. The van der Waals surface area contributed by atoms with Crippen molar-refractivity contribution in [3.05, 3.63) is 88.6 Å². The van der Waals surface area contributed by atoms with Gasteiger partial charge in [0, 0.05) is 17.3 Å². The Bertz CT molecular complexity index is 1150. The van der Waals surface area contributed by atoms with E-state index in [9.17, 15) is 9.59 Å². The van der Waals surface area contributed by atoms with Crippen LogP contribution < -0.4 is 15.5 Å². The van der Waals surface area contributed by atoms with Gasteiger partial charge in [-0.2, -0.15) is 0 Å². The zero-order valence-electron chi connectivity index (χ0n) is 15.5. The number of hydrogen-bond donors (Lipinski definition) is 1. The number of fused-ring (bicyclic) bond motifs is 2. The maximum Gasteiger partial charge on any atom is 0.240 e. The monoisotopic (exact) mass is 372 g/mol. The molecule has 140 valence electrons. The maximum absolute atomic E-state index is 12.8. The molecule has 1 amide bonds. The molecule has 0 saturated carbocycles. The number of nitrogens with one attached hydrogen (secondary N) is 1. The van der Waals surface area contributed by atoms with E-state index in [0.29, 0.717) is 17.3 Å². The minimum atomic E-state index is -0.116. The van der Waals surface area contributed by atoms with Gasteiger partial charge in [-0.15, -0.1) is 0 Å². The van der Waals surface area contributed by atoms with Crippen LogP contribution in [0.3, 0.4) is 0 Å². The molecule has 4 rings (SSSR count). The lowest BCUT2D eigenvalue weighted by molar-refractivity contribution is -0.121. The van der Waals surface area contributed by atoms with E-state index in [1.165, 1.54) is 0 Å². The van der Waals surface area contributed by atoms with Crippen molar-refractivity contribution in [3.63, 3.8) is 0 Å². The van der Waals surface area contributed by atoms with Crippen molar-refractivity contribution in [2.24, 2.45) is 0 Å². The third kappa shape index (κ3) is 3.34. The minimum Gasteiger partial charge on any atom is -0.497 e. The number of benzene rings is 3. The Morgan fingerprint density at radius 1 is 0.893 bits per heavy atom. The van der Waals surface area contributed by atoms with Crippen molar-refractivity contribution in [1.82, 2.24) is 9.88 Å². The predicted octanol–water partition coefficient (Wildman–Crippen LogP) is 3.48. The molecule has 1 N–H and O–H groups in total. The van der Waals surface area contributed by atoms with E-state index in [4.69, 9.17) is 4.74 Å². The van der Waals surface area contributed by atoms with Crippen LogP contribution in [0, 0.1) is 0 Å². The van der Waals surface area contributed by atoms with Crippen LogP contribution in [0.4, 0.5) is 0 Å². The summed E-state index contributed by atoms with van der Waals surface area (Å²) in [6.07, 6.45) is 0. The molecule has 4 aromatic rings. The Labute approximate surface area is 162 Å². The van der Waals surface area contributed by atoms with E-state index < -0.39 is 0 Å². The van der Waals surface area contributed by atoms with Crippen LogP contribution in [0.25, 0.3) is 21.8 Å².